The molecule has 2 aliphatic heterocycles. The lowest BCUT2D eigenvalue weighted by Gasteiger charge is -2.37. The van der Waals surface area contributed by atoms with Crippen molar-refractivity contribution < 1.29 is 14.3 Å². The minimum Gasteiger partial charge on any atom is -0.496 e. The van der Waals surface area contributed by atoms with Crippen LogP contribution in [0.25, 0.3) is 33.5 Å². The molecule has 1 N–H and O–H groups in total. The molecule has 9 heteroatoms. The zero-order valence-electron chi connectivity index (χ0n) is 25.2. The van der Waals surface area contributed by atoms with Crippen LogP contribution in [0.15, 0.2) is 48.8 Å². The van der Waals surface area contributed by atoms with Gasteiger partial charge in [-0.25, -0.2) is 9.97 Å². The van der Waals surface area contributed by atoms with E-state index in [9.17, 15) is 4.79 Å². The van der Waals surface area contributed by atoms with E-state index in [-0.39, 0.29) is 5.91 Å². The number of fused-ring (bicyclic) bond motifs is 2. The van der Waals surface area contributed by atoms with Crippen molar-refractivity contribution in [2.45, 2.75) is 39.0 Å². The van der Waals surface area contributed by atoms with Crippen molar-refractivity contribution >= 4 is 17.1 Å². The molecule has 4 aromatic rings. The SMILES string of the molecule is COc1cc(-c2cnc3[nH]cc(-c4ccc(C(=O)N(C)C)cc4)c3n2)cc2c1CN(CCN1CC(C)O[C@H](C)C1)CC2. The van der Waals surface area contributed by atoms with Gasteiger partial charge in [0.25, 0.3) is 5.91 Å². The van der Waals surface area contributed by atoms with E-state index in [1.807, 2.05) is 36.7 Å². The van der Waals surface area contributed by atoms with E-state index in [4.69, 9.17) is 19.4 Å². The number of hydrogen-bond donors (Lipinski definition) is 1. The maximum absolute atomic E-state index is 12.3. The molecular formula is C33H40N6O3. The van der Waals surface area contributed by atoms with Crippen LogP contribution in [-0.2, 0) is 17.7 Å². The third kappa shape index (κ3) is 5.77. The molecule has 1 unspecified atom stereocenters. The fourth-order valence-corrected chi connectivity index (χ4v) is 6.26. The number of rotatable bonds is 7. The molecule has 0 spiro atoms. The topological polar surface area (TPSA) is 86.8 Å². The second-order valence-electron chi connectivity index (χ2n) is 11.8. The molecular weight excluding hydrogens is 528 g/mol. The first-order valence-electron chi connectivity index (χ1n) is 14.8. The van der Waals surface area contributed by atoms with Gasteiger partial charge in [0.05, 0.1) is 31.2 Å². The molecule has 0 bridgehead atoms. The molecule has 1 fully saturated rings. The largest absolute Gasteiger partial charge is 0.496 e. The molecule has 4 heterocycles. The van der Waals surface area contributed by atoms with Crippen LogP contribution in [0, 0.1) is 0 Å². The standard InChI is InChI=1S/C33H40N6O3/c1-21-18-39(19-22(2)42-21)13-12-38-11-10-25-14-26(15-30(41-5)28(25)20-38)29-17-35-32-31(36-29)27(16-34-32)23-6-8-24(9-7-23)33(40)37(3)4/h6-9,14-17,21-22H,10-13,18-20H2,1-5H3,(H,34,35)/t21-,22?/m1/s1. The summed E-state index contributed by atoms with van der Waals surface area (Å²) in [6.45, 7) is 10.3. The van der Waals surface area contributed by atoms with Gasteiger partial charge in [0, 0.05) is 81.8 Å². The molecule has 2 atom stereocenters. The highest BCUT2D eigenvalue weighted by atomic mass is 16.5. The quantitative estimate of drug-likeness (QED) is 0.352. The first-order chi connectivity index (χ1) is 20.3. The van der Waals surface area contributed by atoms with E-state index in [0.29, 0.717) is 17.8 Å². The maximum Gasteiger partial charge on any atom is 0.253 e. The molecule has 6 rings (SSSR count). The van der Waals surface area contributed by atoms with Gasteiger partial charge < -0.3 is 19.4 Å². The van der Waals surface area contributed by atoms with Crippen molar-refractivity contribution in [2.24, 2.45) is 0 Å². The number of benzene rings is 2. The molecule has 1 saturated heterocycles. The second kappa shape index (κ2) is 11.8. The maximum atomic E-state index is 12.3. The van der Waals surface area contributed by atoms with Gasteiger partial charge in [0.2, 0.25) is 0 Å². The molecule has 9 nitrogen and oxygen atoms in total. The van der Waals surface area contributed by atoms with Crippen LogP contribution in [0.2, 0.25) is 0 Å². The summed E-state index contributed by atoms with van der Waals surface area (Å²) in [7, 11) is 5.26. The number of morpholine rings is 1. The van der Waals surface area contributed by atoms with Crippen LogP contribution in [0.5, 0.6) is 5.75 Å². The minimum atomic E-state index is -0.0200. The van der Waals surface area contributed by atoms with Crippen molar-refractivity contribution in [2.75, 3.05) is 53.9 Å². The summed E-state index contributed by atoms with van der Waals surface area (Å²) in [6, 6.07) is 12.0. The lowest BCUT2D eigenvalue weighted by molar-refractivity contribution is -0.0695. The number of aromatic nitrogens is 3. The van der Waals surface area contributed by atoms with Gasteiger partial charge in [-0.2, -0.15) is 0 Å². The van der Waals surface area contributed by atoms with E-state index < -0.39 is 0 Å². The number of hydrogen-bond acceptors (Lipinski definition) is 7. The van der Waals surface area contributed by atoms with Crippen LogP contribution in [0.1, 0.15) is 35.3 Å². The Bertz CT molecular complexity index is 1550. The third-order valence-corrected chi connectivity index (χ3v) is 8.35. The van der Waals surface area contributed by atoms with Gasteiger partial charge in [0.1, 0.15) is 11.3 Å². The van der Waals surface area contributed by atoms with Gasteiger partial charge in [-0.3, -0.25) is 14.6 Å². The highest BCUT2D eigenvalue weighted by Gasteiger charge is 2.25. The Balaban J connectivity index is 1.22. The van der Waals surface area contributed by atoms with Gasteiger partial charge >= 0.3 is 0 Å². The Morgan fingerprint density at radius 1 is 1.07 bits per heavy atom. The van der Waals surface area contributed by atoms with Crippen LogP contribution < -0.4 is 4.74 Å². The highest BCUT2D eigenvalue weighted by Crippen LogP contribution is 2.35. The zero-order chi connectivity index (χ0) is 29.4. The van der Waals surface area contributed by atoms with Gasteiger partial charge in [0.15, 0.2) is 5.65 Å². The van der Waals surface area contributed by atoms with E-state index in [1.165, 1.54) is 11.1 Å². The zero-order valence-corrected chi connectivity index (χ0v) is 25.2. The summed E-state index contributed by atoms with van der Waals surface area (Å²) in [5.74, 6) is 0.881. The summed E-state index contributed by atoms with van der Waals surface area (Å²) in [4.78, 5) is 32.0. The number of H-pyrrole nitrogens is 1. The van der Waals surface area contributed by atoms with Gasteiger partial charge in [-0.1, -0.05) is 12.1 Å². The van der Waals surface area contributed by atoms with Crippen molar-refractivity contribution in [3.8, 4) is 28.1 Å². The van der Waals surface area contributed by atoms with Crippen LogP contribution >= 0.6 is 0 Å². The average Bonchev–Trinajstić information content (AvgIpc) is 3.42. The predicted molar refractivity (Wildman–Crippen MR) is 165 cm³/mol. The van der Waals surface area contributed by atoms with Gasteiger partial charge in [-0.05, 0) is 55.7 Å². The summed E-state index contributed by atoms with van der Waals surface area (Å²) in [5, 5.41) is 0. The molecule has 1 amide bonds. The summed E-state index contributed by atoms with van der Waals surface area (Å²) in [5.41, 5.74) is 8.50. The van der Waals surface area contributed by atoms with Crippen LogP contribution in [0.4, 0.5) is 0 Å². The number of nitrogens with one attached hydrogen (secondary N) is 1. The van der Waals surface area contributed by atoms with E-state index in [2.05, 4.69) is 40.8 Å². The smallest absolute Gasteiger partial charge is 0.253 e. The fourth-order valence-electron chi connectivity index (χ4n) is 6.26. The first-order valence-corrected chi connectivity index (χ1v) is 14.8. The Labute approximate surface area is 247 Å². The predicted octanol–water partition coefficient (Wildman–Crippen LogP) is 4.47. The Morgan fingerprint density at radius 3 is 2.52 bits per heavy atom. The second-order valence-corrected chi connectivity index (χ2v) is 11.8. The molecule has 42 heavy (non-hydrogen) atoms. The molecule has 0 aliphatic carbocycles. The molecule has 0 radical (unpaired) electrons. The van der Waals surface area contributed by atoms with E-state index in [0.717, 1.165) is 85.0 Å². The average molecular weight is 569 g/mol. The monoisotopic (exact) mass is 568 g/mol. The molecule has 2 aromatic heterocycles. The number of ether oxygens (including phenoxy) is 2. The summed E-state index contributed by atoms with van der Waals surface area (Å²) >= 11 is 0. The Hall–Kier alpha value is -3.79. The number of carbonyl (C=O) groups is 1. The van der Waals surface area contributed by atoms with E-state index in [1.54, 1.807) is 26.1 Å². The Kier molecular flexibility index (Phi) is 7.98. The number of aromatic amines is 1. The molecule has 2 aliphatic rings. The number of methoxy groups -OCH3 is 1. The normalized spacial score (nSPS) is 19.5. The van der Waals surface area contributed by atoms with Crippen molar-refractivity contribution in [3.05, 3.63) is 65.5 Å². The summed E-state index contributed by atoms with van der Waals surface area (Å²) < 4.78 is 11.8. The summed E-state index contributed by atoms with van der Waals surface area (Å²) in [6.07, 6.45) is 5.30. The fraction of sp³-hybridized carbons (Fsp3) is 0.424. The first kappa shape index (κ1) is 28.3. The minimum absolute atomic E-state index is 0.0200. The Morgan fingerprint density at radius 2 is 1.81 bits per heavy atom. The highest BCUT2D eigenvalue weighted by molar-refractivity contribution is 5.96. The van der Waals surface area contributed by atoms with Crippen LogP contribution in [0.3, 0.4) is 0 Å². The third-order valence-electron chi connectivity index (χ3n) is 8.35. The number of carbonyl (C=O) groups excluding carboxylic acids is 1. The van der Waals surface area contributed by atoms with Crippen molar-refractivity contribution in [1.29, 1.82) is 0 Å². The van der Waals surface area contributed by atoms with Crippen molar-refractivity contribution in [3.63, 3.8) is 0 Å². The van der Waals surface area contributed by atoms with Gasteiger partial charge in [-0.15, -0.1) is 0 Å². The lowest BCUT2D eigenvalue weighted by Crippen LogP contribution is -2.48. The van der Waals surface area contributed by atoms with Crippen molar-refractivity contribution in [1.82, 2.24) is 29.7 Å². The number of nitrogens with zero attached hydrogens (tertiary/aromatic N) is 5. The molecule has 220 valence electrons. The van der Waals surface area contributed by atoms with E-state index >= 15 is 0 Å². The molecule has 0 saturated carbocycles. The molecule has 2 aromatic carbocycles. The lowest BCUT2D eigenvalue weighted by atomic mass is 9.95. The number of amides is 1. The van der Waals surface area contributed by atoms with Crippen LogP contribution in [-0.4, -0.2) is 102 Å².